The quantitative estimate of drug-likeness (QED) is 0.234. The van der Waals surface area contributed by atoms with Crippen LogP contribution in [0, 0.1) is 5.82 Å². The molecule has 224 valence electrons. The maximum Gasteiger partial charge on any atom is 0.217 e. The Hall–Kier alpha value is -3.53. The molecule has 1 aromatic heterocycles. The number of ketones is 1. The number of methoxy groups -OCH3 is 2. The number of ether oxygens (including phenoxy) is 3. The lowest BCUT2D eigenvalue weighted by molar-refractivity contribution is -0.121. The van der Waals surface area contributed by atoms with Crippen LogP contribution in [-0.4, -0.2) is 48.7 Å². The van der Waals surface area contributed by atoms with Crippen LogP contribution in [0.1, 0.15) is 68.1 Å². The summed E-state index contributed by atoms with van der Waals surface area (Å²) in [7, 11) is 3.04. The number of nitrogens with zero attached hydrogens (tertiary/aromatic N) is 1. The van der Waals surface area contributed by atoms with Crippen molar-refractivity contribution in [3.63, 3.8) is 0 Å². The van der Waals surface area contributed by atoms with Crippen molar-refractivity contribution in [3.05, 3.63) is 76.2 Å². The lowest BCUT2D eigenvalue weighted by Crippen LogP contribution is -2.46. The average Bonchev–Trinajstić information content (AvgIpc) is 3.77. The molecule has 8 nitrogen and oxygen atoms in total. The van der Waals surface area contributed by atoms with Gasteiger partial charge < -0.3 is 24.6 Å². The summed E-state index contributed by atoms with van der Waals surface area (Å²) >= 11 is 6.06. The van der Waals surface area contributed by atoms with Crippen molar-refractivity contribution in [1.29, 1.82) is 0 Å². The number of carbonyl (C=O) groups is 2. The van der Waals surface area contributed by atoms with Gasteiger partial charge in [0.25, 0.3) is 0 Å². The van der Waals surface area contributed by atoms with Gasteiger partial charge in [-0.3, -0.25) is 9.59 Å². The fraction of sp³-hybridized carbons (Fsp3) is 0.406. The molecule has 42 heavy (non-hydrogen) atoms. The number of Topliss-reactive ketones (excluding diaryl/α,β-unsaturated/α-hetero) is 1. The Morgan fingerprint density at radius 2 is 1.83 bits per heavy atom. The number of halogens is 2. The molecule has 4 rings (SSSR count). The van der Waals surface area contributed by atoms with E-state index in [1.54, 1.807) is 44.2 Å². The van der Waals surface area contributed by atoms with Crippen LogP contribution >= 0.6 is 11.6 Å². The number of hydrogen-bond donors (Lipinski definition) is 2. The minimum atomic E-state index is -1.55. The highest BCUT2D eigenvalue weighted by atomic mass is 35.5. The maximum absolute atomic E-state index is 13.9. The number of aliphatic hydroxyl groups is 1. The van der Waals surface area contributed by atoms with E-state index >= 15 is 0 Å². The monoisotopic (exact) mass is 598 g/mol. The van der Waals surface area contributed by atoms with Crippen LogP contribution < -0.4 is 14.8 Å². The van der Waals surface area contributed by atoms with Crippen molar-refractivity contribution in [2.24, 2.45) is 0 Å². The molecule has 10 heteroatoms. The number of hydrogen-bond acceptors (Lipinski definition) is 7. The molecule has 1 aliphatic rings. The van der Waals surface area contributed by atoms with E-state index in [9.17, 15) is 19.1 Å². The number of benzene rings is 2. The summed E-state index contributed by atoms with van der Waals surface area (Å²) in [6.07, 6.45) is 2.25. The second-order valence-corrected chi connectivity index (χ2v) is 11.5. The molecule has 0 bridgehead atoms. The summed E-state index contributed by atoms with van der Waals surface area (Å²) in [6.45, 7) is 4.90. The average molecular weight is 599 g/mol. The molecule has 1 heterocycles. The molecule has 3 aromatic rings. The summed E-state index contributed by atoms with van der Waals surface area (Å²) in [5.74, 6) is 0.0352. The number of aromatic nitrogens is 1. The van der Waals surface area contributed by atoms with Gasteiger partial charge in [0.15, 0.2) is 17.3 Å². The predicted octanol–water partition coefficient (Wildman–Crippen LogP) is 5.96. The summed E-state index contributed by atoms with van der Waals surface area (Å²) in [5, 5.41) is 14.5. The molecule has 2 atom stereocenters. The number of amides is 1. The van der Waals surface area contributed by atoms with Gasteiger partial charge in [0.05, 0.1) is 41.8 Å². The van der Waals surface area contributed by atoms with Gasteiger partial charge in [0, 0.05) is 31.6 Å². The highest BCUT2D eigenvalue weighted by molar-refractivity contribution is 6.31. The van der Waals surface area contributed by atoms with E-state index in [-0.39, 0.29) is 48.0 Å². The fourth-order valence-electron chi connectivity index (χ4n) is 4.73. The molecule has 0 radical (unpaired) electrons. The second kappa shape index (κ2) is 12.8. The van der Waals surface area contributed by atoms with Gasteiger partial charge in [0.1, 0.15) is 11.4 Å². The first-order valence-corrected chi connectivity index (χ1v) is 14.1. The van der Waals surface area contributed by atoms with Crippen LogP contribution in [-0.2, 0) is 20.7 Å². The topological polar surface area (TPSA) is 107 Å². The molecule has 0 aliphatic heterocycles. The molecule has 2 aromatic carbocycles. The van der Waals surface area contributed by atoms with Crippen molar-refractivity contribution in [2.75, 3.05) is 20.8 Å². The first kappa shape index (κ1) is 31.4. The van der Waals surface area contributed by atoms with E-state index in [1.807, 2.05) is 0 Å². The predicted molar refractivity (Wildman–Crippen MR) is 157 cm³/mol. The van der Waals surface area contributed by atoms with Crippen LogP contribution in [0.5, 0.6) is 11.5 Å². The van der Waals surface area contributed by atoms with Crippen LogP contribution in [0.25, 0.3) is 11.3 Å². The molecule has 0 saturated heterocycles. The molecule has 1 fully saturated rings. The Labute approximate surface area is 250 Å². The molecular weight excluding hydrogens is 563 g/mol. The molecule has 2 N–H and O–H groups in total. The Morgan fingerprint density at radius 1 is 1.10 bits per heavy atom. The first-order chi connectivity index (χ1) is 19.8. The van der Waals surface area contributed by atoms with E-state index in [0.29, 0.717) is 33.9 Å². The van der Waals surface area contributed by atoms with Gasteiger partial charge >= 0.3 is 0 Å². The number of nitrogens with one attached hydrogen (secondary N) is 1. The third-order valence-electron chi connectivity index (χ3n) is 7.26. The van der Waals surface area contributed by atoms with Gasteiger partial charge in [-0.15, -0.1) is 0 Å². The number of pyridine rings is 1. The lowest BCUT2D eigenvalue weighted by Gasteiger charge is -2.32. The maximum atomic E-state index is 13.9. The summed E-state index contributed by atoms with van der Waals surface area (Å²) in [4.78, 5) is 30.0. The highest BCUT2D eigenvalue weighted by Crippen LogP contribution is 2.36. The van der Waals surface area contributed by atoms with Crippen LogP contribution in [0.3, 0.4) is 0 Å². The van der Waals surface area contributed by atoms with Gasteiger partial charge in [-0.2, -0.15) is 0 Å². The fourth-order valence-corrected chi connectivity index (χ4v) is 4.91. The summed E-state index contributed by atoms with van der Waals surface area (Å²) < 4.78 is 30.6. The van der Waals surface area contributed by atoms with Crippen LogP contribution in [0.2, 0.25) is 5.02 Å². The standard InChI is InChI=1S/C32H36ClFN2O6/c1-19(37)36-31(2,18-40-4)22-16-26(20-6-10-25(34)24(33)14-20)35-30(17-22)32(3,39)13-12-27(38)21-7-11-28(29(15-21)41-5)42-23-8-9-23/h6-7,10-11,14-17,23,39H,8-9,12-13,18H2,1-5H3,(H,36,37). The van der Waals surface area contributed by atoms with E-state index in [2.05, 4.69) is 10.3 Å². The molecule has 1 saturated carbocycles. The Kier molecular flexibility index (Phi) is 9.55. The molecule has 2 unspecified atom stereocenters. The Balaban J connectivity index is 1.66. The van der Waals surface area contributed by atoms with Crippen molar-refractivity contribution in [3.8, 4) is 22.8 Å². The summed E-state index contributed by atoms with van der Waals surface area (Å²) in [6, 6.07) is 12.7. The Morgan fingerprint density at radius 3 is 2.45 bits per heavy atom. The zero-order valence-corrected chi connectivity index (χ0v) is 25.2. The van der Waals surface area contributed by atoms with Gasteiger partial charge in [-0.25, -0.2) is 9.37 Å². The molecule has 1 amide bonds. The normalized spacial score (nSPS) is 15.8. The van der Waals surface area contributed by atoms with Crippen molar-refractivity contribution < 1.29 is 33.3 Å². The van der Waals surface area contributed by atoms with E-state index in [1.165, 1.54) is 39.3 Å². The largest absolute Gasteiger partial charge is 0.493 e. The van der Waals surface area contributed by atoms with E-state index in [4.69, 9.17) is 25.8 Å². The molecular formula is C32H36ClFN2O6. The van der Waals surface area contributed by atoms with Crippen molar-refractivity contribution >= 4 is 23.3 Å². The molecule has 1 aliphatic carbocycles. The van der Waals surface area contributed by atoms with Gasteiger partial charge in [-0.05, 0) is 87.2 Å². The lowest BCUT2D eigenvalue weighted by atomic mass is 9.86. The van der Waals surface area contributed by atoms with Crippen LogP contribution in [0.15, 0.2) is 48.5 Å². The SMILES string of the molecule is COCC(C)(NC(C)=O)c1cc(-c2ccc(F)c(Cl)c2)nc(C(C)(O)CCC(=O)c2ccc(OC3CC3)c(OC)c2)c1. The third kappa shape index (κ3) is 7.45. The number of rotatable bonds is 13. The third-order valence-corrected chi connectivity index (χ3v) is 7.55. The Bertz CT molecular complexity index is 1480. The van der Waals surface area contributed by atoms with E-state index in [0.717, 1.165) is 12.8 Å². The van der Waals surface area contributed by atoms with Crippen molar-refractivity contribution in [1.82, 2.24) is 10.3 Å². The highest BCUT2D eigenvalue weighted by Gasteiger charge is 2.33. The van der Waals surface area contributed by atoms with Crippen LogP contribution in [0.4, 0.5) is 4.39 Å². The van der Waals surface area contributed by atoms with Gasteiger partial charge in [-0.1, -0.05) is 11.6 Å². The summed E-state index contributed by atoms with van der Waals surface area (Å²) in [5.41, 5.74) is -0.312. The molecule has 0 spiro atoms. The first-order valence-electron chi connectivity index (χ1n) is 13.7. The zero-order chi connectivity index (χ0) is 30.7. The minimum Gasteiger partial charge on any atom is -0.493 e. The van der Waals surface area contributed by atoms with E-state index < -0.39 is 17.0 Å². The van der Waals surface area contributed by atoms with Crippen molar-refractivity contribution in [2.45, 2.75) is 63.7 Å². The minimum absolute atomic E-state index is 0.0175. The van der Waals surface area contributed by atoms with Gasteiger partial charge in [0.2, 0.25) is 5.91 Å². The second-order valence-electron chi connectivity index (χ2n) is 11.1. The number of carbonyl (C=O) groups excluding carboxylic acids is 2. The smallest absolute Gasteiger partial charge is 0.217 e. The zero-order valence-electron chi connectivity index (χ0n) is 24.4.